The number of anilines is 1. The van der Waals surface area contributed by atoms with Crippen LogP contribution in [-0.2, 0) is 26.2 Å². The minimum absolute atomic E-state index is 0.0160. The number of carbonyl (C=O) groups excluding carboxylic acids is 2. The molecule has 0 aliphatic heterocycles. The summed E-state index contributed by atoms with van der Waals surface area (Å²) in [6, 6.07) is 17.2. The molecule has 0 fully saturated rings. The largest absolute Gasteiger partial charge is 0.350 e. The number of amides is 2. The molecule has 0 aliphatic carbocycles. The Morgan fingerprint density at radius 2 is 1.52 bits per heavy atom. The van der Waals surface area contributed by atoms with Crippen LogP contribution < -0.4 is 9.62 Å². The maximum absolute atomic E-state index is 14.0. The predicted octanol–water partition coefficient (Wildman–Crippen LogP) is 5.70. The fourth-order valence-electron chi connectivity index (χ4n) is 4.13. The summed E-state index contributed by atoms with van der Waals surface area (Å²) < 4.78 is 42.3. The van der Waals surface area contributed by atoms with Gasteiger partial charge in [0.2, 0.25) is 11.8 Å². The maximum atomic E-state index is 14.0. The van der Waals surface area contributed by atoms with Gasteiger partial charge in [-0.3, -0.25) is 13.9 Å². The van der Waals surface area contributed by atoms with Crippen LogP contribution in [0.5, 0.6) is 0 Å². The molecule has 0 aliphatic rings. The Labute approximate surface area is 241 Å². The van der Waals surface area contributed by atoms with Crippen molar-refractivity contribution in [2.75, 3.05) is 10.8 Å². The molecule has 0 spiro atoms. The van der Waals surface area contributed by atoms with Crippen LogP contribution in [0.3, 0.4) is 0 Å². The highest BCUT2D eigenvalue weighted by Crippen LogP contribution is 2.26. The Bertz CT molecular complexity index is 1420. The molecule has 0 radical (unpaired) electrons. The van der Waals surface area contributed by atoms with E-state index in [9.17, 15) is 22.4 Å². The van der Waals surface area contributed by atoms with Crippen molar-refractivity contribution < 1.29 is 22.4 Å². The molecule has 3 rings (SSSR count). The summed E-state index contributed by atoms with van der Waals surface area (Å²) >= 11 is 5.98. The fraction of sp³-hybridized carbons (Fsp3) is 0.333. The van der Waals surface area contributed by atoms with Gasteiger partial charge in [-0.2, -0.15) is 0 Å². The molecular formula is C30H35ClFN3O4S. The molecule has 3 aromatic rings. The summed E-state index contributed by atoms with van der Waals surface area (Å²) in [7, 11) is -4.20. The second-order valence-electron chi connectivity index (χ2n) is 10.6. The van der Waals surface area contributed by atoms with Gasteiger partial charge in [-0.1, -0.05) is 48.4 Å². The number of rotatable bonds is 10. The van der Waals surface area contributed by atoms with Crippen LogP contribution in [0.4, 0.5) is 10.1 Å². The number of hydrogen-bond donors (Lipinski definition) is 1. The van der Waals surface area contributed by atoms with Gasteiger partial charge in [-0.15, -0.1) is 0 Å². The van der Waals surface area contributed by atoms with Gasteiger partial charge in [0.15, 0.2) is 0 Å². The van der Waals surface area contributed by atoms with Crippen molar-refractivity contribution in [1.29, 1.82) is 0 Å². The highest BCUT2D eigenvalue weighted by Gasteiger charge is 2.34. The maximum Gasteiger partial charge on any atom is 0.264 e. The van der Waals surface area contributed by atoms with Crippen LogP contribution >= 0.6 is 11.6 Å². The van der Waals surface area contributed by atoms with Crippen molar-refractivity contribution in [2.24, 2.45) is 0 Å². The lowest BCUT2D eigenvalue weighted by molar-refractivity contribution is -0.141. The highest BCUT2D eigenvalue weighted by molar-refractivity contribution is 7.92. The molecule has 214 valence electrons. The summed E-state index contributed by atoms with van der Waals surface area (Å²) in [5, 5.41) is 3.29. The smallest absolute Gasteiger partial charge is 0.264 e. The number of halogens is 2. The number of nitrogens with one attached hydrogen (secondary N) is 1. The lowest BCUT2D eigenvalue weighted by Gasteiger charge is -2.34. The number of aryl methyl sites for hydroxylation is 1. The van der Waals surface area contributed by atoms with Gasteiger partial charge in [0.1, 0.15) is 18.4 Å². The Morgan fingerprint density at radius 1 is 0.950 bits per heavy atom. The molecule has 1 N–H and O–H groups in total. The van der Waals surface area contributed by atoms with Gasteiger partial charge in [0.25, 0.3) is 10.0 Å². The fourth-order valence-corrected chi connectivity index (χ4v) is 5.67. The molecular weight excluding hydrogens is 553 g/mol. The van der Waals surface area contributed by atoms with Crippen LogP contribution in [-0.4, -0.2) is 43.3 Å². The van der Waals surface area contributed by atoms with Crippen LogP contribution in [0.2, 0.25) is 5.02 Å². The summed E-state index contributed by atoms with van der Waals surface area (Å²) in [4.78, 5) is 28.6. The Kier molecular flexibility index (Phi) is 9.97. The lowest BCUT2D eigenvalue weighted by Crippen LogP contribution is -2.55. The SMILES string of the molecule is CC[C@H](C(=O)NC(C)(C)C)N(Cc1ccc(F)cc1)C(=O)CN(c1ccc(C)cc1)S(=O)(=O)c1ccc(Cl)cc1. The van der Waals surface area contributed by atoms with Gasteiger partial charge in [-0.25, -0.2) is 12.8 Å². The first-order valence-corrected chi connectivity index (χ1v) is 14.7. The number of hydrogen-bond acceptors (Lipinski definition) is 4. The normalized spacial score (nSPS) is 12.5. The predicted molar refractivity (Wildman–Crippen MR) is 156 cm³/mol. The third-order valence-corrected chi connectivity index (χ3v) is 8.19. The molecule has 40 heavy (non-hydrogen) atoms. The van der Waals surface area contributed by atoms with E-state index in [1.165, 1.54) is 53.4 Å². The van der Waals surface area contributed by atoms with Crippen molar-refractivity contribution >= 4 is 39.1 Å². The molecule has 0 saturated carbocycles. The second-order valence-corrected chi connectivity index (χ2v) is 12.9. The summed E-state index contributed by atoms with van der Waals surface area (Å²) in [5.74, 6) is -1.38. The molecule has 0 saturated heterocycles. The van der Waals surface area contributed by atoms with Crippen molar-refractivity contribution in [3.63, 3.8) is 0 Å². The number of sulfonamides is 1. The molecule has 2 amide bonds. The van der Waals surface area contributed by atoms with E-state index in [2.05, 4.69) is 5.32 Å². The second kappa shape index (κ2) is 12.8. The summed E-state index contributed by atoms with van der Waals surface area (Å²) in [6.45, 7) is 8.58. The Hall–Kier alpha value is -3.43. The molecule has 1 atom stereocenters. The Morgan fingerprint density at radius 3 is 2.05 bits per heavy atom. The first kappa shape index (κ1) is 31.1. The van der Waals surface area contributed by atoms with E-state index < -0.39 is 39.9 Å². The van der Waals surface area contributed by atoms with Gasteiger partial charge in [-0.05, 0) is 88.2 Å². The Balaban J connectivity index is 2.06. The zero-order valence-electron chi connectivity index (χ0n) is 23.3. The van der Waals surface area contributed by atoms with Crippen LogP contribution in [0, 0.1) is 12.7 Å². The van der Waals surface area contributed by atoms with E-state index in [-0.39, 0.29) is 23.8 Å². The third-order valence-electron chi connectivity index (χ3n) is 6.15. The van der Waals surface area contributed by atoms with E-state index in [1.807, 2.05) is 27.7 Å². The average Bonchev–Trinajstić information content (AvgIpc) is 2.88. The molecule has 10 heteroatoms. The first-order chi connectivity index (χ1) is 18.7. The van der Waals surface area contributed by atoms with Gasteiger partial charge in [0, 0.05) is 17.1 Å². The van der Waals surface area contributed by atoms with Gasteiger partial charge < -0.3 is 10.2 Å². The zero-order chi connectivity index (χ0) is 29.7. The number of nitrogens with zero attached hydrogens (tertiary/aromatic N) is 2. The standard InChI is InChI=1S/C30H35ClFN3O4S/c1-6-27(29(37)33-30(3,4)5)34(19-22-9-13-24(32)14-10-22)28(36)20-35(25-15-7-21(2)8-16-25)40(38,39)26-17-11-23(31)12-18-26/h7-18,27H,6,19-20H2,1-5H3,(H,33,37)/t27-/m1/s1. The van der Waals surface area contributed by atoms with Crippen LogP contribution in [0.15, 0.2) is 77.7 Å². The molecule has 7 nitrogen and oxygen atoms in total. The summed E-state index contributed by atoms with van der Waals surface area (Å²) in [6.07, 6.45) is 0.281. The van der Waals surface area contributed by atoms with E-state index in [4.69, 9.17) is 11.6 Å². The van der Waals surface area contributed by atoms with Crippen LogP contribution in [0.25, 0.3) is 0 Å². The minimum atomic E-state index is -4.20. The van der Waals surface area contributed by atoms with Crippen molar-refractivity contribution in [2.45, 2.75) is 64.1 Å². The third kappa shape index (κ3) is 8.05. The monoisotopic (exact) mass is 587 g/mol. The lowest BCUT2D eigenvalue weighted by atomic mass is 10.1. The molecule has 0 aromatic heterocycles. The molecule has 0 bridgehead atoms. The quantitative estimate of drug-likeness (QED) is 0.329. The van der Waals surface area contributed by atoms with Gasteiger partial charge >= 0.3 is 0 Å². The van der Waals surface area contributed by atoms with E-state index in [0.717, 1.165) is 9.87 Å². The zero-order valence-corrected chi connectivity index (χ0v) is 24.9. The minimum Gasteiger partial charge on any atom is -0.350 e. The number of benzene rings is 3. The van der Waals surface area contributed by atoms with Crippen molar-refractivity contribution in [1.82, 2.24) is 10.2 Å². The molecule has 3 aromatic carbocycles. The van der Waals surface area contributed by atoms with Gasteiger partial charge in [0.05, 0.1) is 10.6 Å². The molecule has 0 heterocycles. The van der Waals surface area contributed by atoms with Crippen LogP contribution in [0.1, 0.15) is 45.2 Å². The van der Waals surface area contributed by atoms with E-state index in [1.54, 1.807) is 31.2 Å². The summed E-state index contributed by atoms with van der Waals surface area (Å²) in [5.41, 5.74) is 1.25. The number of carbonyl (C=O) groups is 2. The average molecular weight is 588 g/mol. The van der Waals surface area contributed by atoms with E-state index in [0.29, 0.717) is 16.3 Å². The topological polar surface area (TPSA) is 86.8 Å². The highest BCUT2D eigenvalue weighted by atomic mass is 35.5. The first-order valence-electron chi connectivity index (χ1n) is 12.9. The van der Waals surface area contributed by atoms with Crippen molar-refractivity contribution in [3.8, 4) is 0 Å². The van der Waals surface area contributed by atoms with E-state index >= 15 is 0 Å². The molecule has 0 unspecified atom stereocenters. The van der Waals surface area contributed by atoms with Crippen molar-refractivity contribution in [3.05, 3.63) is 94.8 Å².